The van der Waals surface area contributed by atoms with Crippen LogP contribution < -0.4 is 10.1 Å². The molecular weight excluding hydrogens is 384 g/mol. The summed E-state index contributed by atoms with van der Waals surface area (Å²) < 4.78 is 10.8. The Morgan fingerprint density at radius 3 is 2.43 bits per heavy atom. The molecular formula is C23H26N2O5. The van der Waals surface area contributed by atoms with Crippen molar-refractivity contribution in [3.05, 3.63) is 54.6 Å². The molecule has 0 aliphatic carbocycles. The van der Waals surface area contributed by atoms with Gasteiger partial charge in [-0.1, -0.05) is 42.5 Å². The number of nitrogens with one attached hydrogen (secondary N) is 1. The average Bonchev–Trinajstić information content (AvgIpc) is 2.76. The topological polar surface area (TPSA) is 84.9 Å². The lowest BCUT2D eigenvalue weighted by Gasteiger charge is -2.36. The third kappa shape index (κ3) is 5.17. The number of amides is 2. The van der Waals surface area contributed by atoms with Gasteiger partial charge >= 0.3 is 5.97 Å². The summed E-state index contributed by atoms with van der Waals surface area (Å²) in [5, 5.41) is 2.69. The molecule has 0 aromatic heterocycles. The van der Waals surface area contributed by atoms with Gasteiger partial charge in [0.1, 0.15) is 11.8 Å². The second kappa shape index (κ2) is 9.91. The summed E-state index contributed by atoms with van der Waals surface area (Å²) in [6.45, 7) is 4.21. The van der Waals surface area contributed by atoms with E-state index >= 15 is 0 Å². The average molecular weight is 410 g/mol. The van der Waals surface area contributed by atoms with Crippen molar-refractivity contribution < 1.29 is 23.9 Å². The van der Waals surface area contributed by atoms with Crippen molar-refractivity contribution in [2.75, 3.05) is 19.7 Å². The quantitative estimate of drug-likeness (QED) is 0.709. The Kier molecular flexibility index (Phi) is 7.06. The fraction of sp³-hybridized carbons (Fsp3) is 0.348. The smallest absolute Gasteiger partial charge is 0.308 e. The van der Waals surface area contributed by atoms with Gasteiger partial charge in [-0.3, -0.25) is 14.4 Å². The zero-order valence-electron chi connectivity index (χ0n) is 17.2. The van der Waals surface area contributed by atoms with Gasteiger partial charge in [0.05, 0.1) is 13.0 Å². The maximum Gasteiger partial charge on any atom is 0.308 e. The highest BCUT2D eigenvalue weighted by Crippen LogP contribution is 2.23. The van der Waals surface area contributed by atoms with Gasteiger partial charge in [0, 0.05) is 13.1 Å². The SMILES string of the molecule is CCOC(=O)C[C@@H]1C(=O)NCCN1C(=O)[C@@H](C)Oc1ccc(-c2ccccc2)cc1. The first-order valence-electron chi connectivity index (χ1n) is 10.1. The molecule has 0 bridgehead atoms. The van der Waals surface area contributed by atoms with Crippen LogP contribution in [0.2, 0.25) is 0 Å². The van der Waals surface area contributed by atoms with E-state index in [1.54, 1.807) is 13.8 Å². The van der Waals surface area contributed by atoms with Gasteiger partial charge in [0.15, 0.2) is 6.10 Å². The first kappa shape index (κ1) is 21.4. The number of ether oxygens (including phenoxy) is 2. The van der Waals surface area contributed by atoms with Crippen LogP contribution in [0.3, 0.4) is 0 Å². The Labute approximate surface area is 176 Å². The molecule has 1 aliphatic heterocycles. The van der Waals surface area contributed by atoms with Crippen LogP contribution in [0.15, 0.2) is 54.6 Å². The number of nitrogens with zero attached hydrogens (tertiary/aromatic N) is 1. The van der Waals surface area contributed by atoms with E-state index in [1.807, 2.05) is 54.6 Å². The molecule has 1 saturated heterocycles. The summed E-state index contributed by atoms with van der Waals surface area (Å²) in [5.74, 6) is -0.658. The van der Waals surface area contributed by atoms with Gasteiger partial charge in [-0.05, 0) is 37.1 Å². The molecule has 1 N–H and O–H groups in total. The fourth-order valence-electron chi connectivity index (χ4n) is 3.40. The van der Waals surface area contributed by atoms with Gasteiger partial charge in [-0.25, -0.2) is 0 Å². The predicted octanol–water partition coefficient (Wildman–Crippen LogP) is 2.40. The van der Waals surface area contributed by atoms with Crippen LogP contribution in [-0.2, 0) is 19.1 Å². The molecule has 0 saturated carbocycles. The van der Waals surface area contributed by atoms with Crippen molar-refractivity contribution in [1.82, 2.24) is 10.2 Å². The van der Waals surface area contributed by atoms with Crippen LogP contribution >= 0.6 is 0 Å². The molecule has 1 heterocycles. The molecule has 7 heteroatoms. The molecule has 0 unspecified atom stereocenters. The lowest BCUT2D eigenvalue weighted by Crippen LogP contribution is -2.60. The monoisotopic (exact) mass is 410 g/mol. The van der Waals surface area contributed by atoms with E-state index in [1.165, 1.54) is 4.90 Å². The summed E-state index contributed by atoms with van der Waals surface area (Å²) in [5.41, 5.74) is 2.14. The Morgan fingerprint density at radius 1 is 1.10 bits per heavy atom. The molecule has 3 rings (SSSR count). The first-order valence-corrected chi connectivity index (χ1v) is 10.1. The van der Waals surface area contributed by atoms with Crippen LogP contribution in [0.25, 0.3) is 11.1 Å². The van der Waals surface area contributed by atoms with Gasteiger partial charge in [-0.2, -0.15) is 0 Å². The standard InChI is InChI=1S/C23H26N2O5/c1-3-29-21(26)15-20-22(27)24-13-14-25(20)23(28)16(2)30-19-11-9-18(10-12-19)17-7-5-4-6-8-17/h4-12,16,20H,3,13-15H2,1-2H3,(H,24,27)/t16-,20-/m1/s1. The van der Waals surface area contributed by atoms with Crippen molar-refractivity contribution in [3.63, 3.8) is 0 Å². The zero-order chi connectivity index (χ0) is 21.5. The number of benzene rings is 2. The van der Waals surface area contributed by atoms with Gasteiger partial charge in [0.2, 0.25) is 5.91 Å². The molecule has 2 aromatic rings. The Bertz CT molecular complexity index is 882. The number of esters is 1. The minimum absolute atomic E-state index is 0.177. The van der Waals surface area contributed by atoms with Crippen molar-refractivity contribution in [2.45, 2.75) is 32.4 Å². The largest absolute Gasteiger partial charge is 0.481 e. The number of carbonyl (C=O) groups is 3. The number of hydrogen-bond acceptors (Lipinski definition) is 5. The van der Waals surface area contributed by atoms with Crippen molar-refractivity contribution >= 4 is 17.8 Å². The molecule has 30 heavy (non-hydrogen) atoms. The molecule has 2 aromatic carbocycles. The number of hydrogen-bond donors (Lipinski definition) is 1. The fourth-order valence-corrected chi connectivity index (χ4v) is 3.40. The minimum atomic E-state index is -0.892. The Balaban J connectivity index is 1.66. The molecule has 7 nitrogen and oxygen atoms in total. The summed E-state index contributed by atoms with van der Waals surface area (Å²) in [4.78, 5) is 38.5. The van der Waals surface area contributed by atoms with E-state index in [0.717, 1.165) is 11.1 Å². The van der Waals surface area contributed by atoms with E-state index in [4.69, 9.17) is 9.47 Å². The third-order valence-corrected chi connectivity index (χ3v) is 4.90. The first-order chi connectivity index (χ1) is 14.5. The second-order valence-electron chi connectivity index (χ2n) is 7.00. The van der Waals surface area contributed by atoms with Crippen LogP contribution in [0.1, 0.15) is 20.3 Å². The molecule has 0 radical (unpaired) electrons. The van der Waals surface area contributed by atoms with Crippen molar-refractivity contribution in [1.29, 1.82) is 0 Å². The zero-order valence-corrected chi connectivity index (χ0v) is 17.2. The molecule has 2 atom stereocenters. The van der Waals surface area contributed by atoms with E-state index < -0.39 is 18.1 Å². The van der Waals surface area contributed by atoms with Gasteiger partial charge < -0.3 is 19.7 Å². The number of rotatable bonds is 7. The van der Waals surface area contributed by atoms with Gasteiger partial charge in [0.25, 0.3) is 5.91 Å². The van der Waals surface area contributed by atoms with Crippen molar-refractivity contribution in [3.8, 4) is 16.9 Å². The van der Waals surface area contributed by atoms with E-state index in [0.29, 0.717) is 18.8 Å². The van der Waals surface area contributed by atoms with Gasteiger partial charge in [-0.15, -0.1) is 0 Å². The lowest BCUT2D eigenvalue weighted by molar-refractivity contribution is -0.153. The molecule has 1 fully saturated rings. The lowest BCUT2D eigenvalue weighted by atomic mass is 10.1. The van der Waals surface area contributed by atoms with E-state index in [-0.39, 0.29) is 24.8 Å². The maximum atomic E-state index is 13.0. The van der Waals surface area contributed by atoms with Crippen molar-refractivity contribution in [2.24, 2.45) is 0 Å². The van der Waals surface area contributed by atoms with Crippen LogP contribution in [-0.4, -0.2) is 54.5 Å². The normalized spacial score (nSPS) is 17.1. The van der Waals surface area contributed by atoms with Crippen LogP contribution in [0, 0.1) is 0 Å². The summed E-state index contributed by atoms with van der Waals surface area (Å²) >= 11 is 0. The Hall–Kier alpha value is -3.35. The molecule has 1 aliphatic rings. The summed E-state index contributed by atoms with van der Waals surface area (Å²) in [6.07, 6.45) is -0.979. The molecule has 0 spiro atoms. The highest BCUT2D eigenvalue weighted by Gasteiger charge is 2.37. The summed E-state index contributed by atoms with van der Waals surface area (Å²) in [6, 6.07) is 16.5. The van der Waals surface area contributed by atoms with Crippen LogP contribution in [0.5, 0.6) is 5.75 Å². The highest BCUT2D eigenvalue weighted by molar-refractivity contribution is 5.93. The minimum Gasteiger partial charge on any atom is -0.481 e. The third-order valence-electron chi connectivity index (χ3n) is 4.90. The highest BCUT2D eigenvalue weighted by atomic mass is 16.5. The number of carbonyl (C=O) groups excluding carboxylic acids is 3. The molecule has 2 amide bonds. The predicted molar refractivity (Wildman–Crippen MR) is 112 cm³/mol. The Morgan fingerprint density at radius 2 is 1.77 bits per heavy atom. The number of piperazine rings is 1. The molecule has 158 valence electrons. The van der Waals surface area contributed by atoms with E-state index in [2.05, 4.69) is 5.32 Å². The second-order valence-corrected chi connectivity index (χ2v) is 7.00. The van der Waals surface area contributed by atoms with Crippen LogP contribution in [0.4, 0.5) is 0 Å². The summed E-state index contributed by atoms with van der Waals surface area (Å²) in [7, 11) is 0. The maximum absolute atomic E-state index is 13.0. The van der Waals surface area contributed by atoms with E-state index in [9.17, 15) is 14.4 Å².